The van der Waals surface area contributed by atoms with Gasteiger partial charge in [0.15, 0.2) is 0 Å². The molecule has 0 fully saturated rings. The van der Waals surface area contributed by atoms with Crippen LogP contribution in [0.3, 0.4) is 0 Å². The molecule has 2 unspecified atom stereocenters. The molecule has 23 heavy (non-hydrogen) atoms. The van der Waals surface area contributed by atoms with Gasteiger partial charge in [0.1, 0.15) is 6.17 Å². The summed E-state index contributed by atoms with van der Waals surface area (Å²) in [7, 11) is 0. The molecule has 2 atom stereocenters. The highest BCUT2D eigenvalue weighted by Crippen LogP contribution is 2.44. The summed E-state index contributed by atoms with van der Waals surface area (Å²) >= 11 is 0. The van der Waals surface area contributed by atoms with Gasteiger partial charge in [-0.15, -0.1) is 0 Å². The Morgan fingerprint density at radius 2 is 1.83 bits per heavy atom. The predicted molar refractivity (Wildman–Crippen MR) is 99.4 cm³/mol. The van der Waals surface area contributed by atoms with Crippen LogP contribution in [0.4, 0.5) is 17.1 Å². The maximum atomic E-state index is 2.46. The lowest BCUT2D eigenvalue weighted by Crippen LogP contribution is -2.38. The van der Waals surface area contributed by atoms with Crippen molar-refractivity contribution in [1.29, 1.82) is 0 Å². The molecule has 4 rings (SSSR count). The van der Waals surface area contributed by atoms with Crippen LogP contribution in [0, 0.1) is 5.92 Å². The van der Waals surface area contributed by atoms with Crippen molar-refractivity contribution in [3.63, 3.8) is 0 Å². The number of anilines is 3. The molecule has 1 aliphatic heterocycles. The first-order valence-electron chi connectivity index (χ1n) is 8.65. The highest BCUT2D eigenvalue weighted by molar-refractivity contribution is 5.84. The lowest BCUT2D eigenvalue weighted by molar-refractivity contribution is 0.691. The summed E-state index contributed by atoms with van der Waals surface area (Å²) in [6.45, 7) is 7.83. The minimum Gasteiger partial charge on any atom is -0.350 e. The molecule has 2 heteroatoms. The molecule has 0 N–H and O–H groups in total. The van der Waals surface area contributed by atoms with Crippen molar-refractivity contribution in [2.75, 3.05) is 16.3 Å². The Kier molecular flexibility index (Phi) is 3.41. The highest BCUT2D eigenvalue weighted by Gasteiger charge is 2.32. The Labute approximate surface area is 139 Å². The third-order valence-corrected chi connectivity index (χ3v) is 5.17. The molecule has 0 spiro atoms. The second kappa shape index (κ2) is 5.45. The summed E-state index contributed by atoms with van der Waals surface area (Å²) in [6.07, 6.45) is 6.12. The zero-order chi connectivity index (χ0) is 16.0. The molecule has 0 saturated heterocycles. The lowest BCUT2D eigenvalue weighted by Gasteiger charge is -2.30. The van der Waals surface area contributed by atoms with E-state index < -0.39 is 0 Å². The van der Waals surface area contributed by atoms with Gasteiger partial charge in [0.25, 0.3) is 0 Å². The third kappa shape index (κ3) is 2.24. The van der Waals surface area contributed by atoms with Crippen LogP contribution in [0.2, 0.25) is 0 Å². The van der Waals surface area contributed by atoms with Crippen LogP contribution in [-0.2, 0) is 6.42 Å². The number of fused-ring (bicyclic) bond motifs is 2. The van der Waals surface area contributed by atoms with Gasteiger partial charge in [0.05, 0.1) is 11.4 Å². The van der Waals surface area contributed by atoms with E-state index in [1.54, 1.807) is 0 Å². The number of allylic oxidation sites excluding steroid dienone is 1. The monoisotopic (exact) mass is 304 g/mol. The van der Waals surface area contributed by atoms with Gasteiger partial charge in [-0.25, -0.2) is 0 Å². The molecule has 0 saturated carbocycles. The Hall–Kier alpha value is -2.22. The number of rotatable bonds is 2. The normalized spacial score (nSPS) is 22.2. The van der Waals surface area contributed by atoms with Crippen molar-refractivity contribution >= 4 is 23.1 Å². The standard InChI is InChI=1S/C21H24N2/c1-4-22-16(3)23(21-8-6-5-7-20(21)22)19-12-11-17-13-15(2)9-10-18(17)14-19/h5-12,14-16H,4,13H2,1-3H3. The number of hydrogen-bond acceptors (Lipinski definition) is 2. The predicted octanol–water partition coefficient (Wildman–Crippen LogP) is 5.22. The van der Waals surface area contributed by atoms with Crippen LogP contribution in [0.5, 0.6) is 0 Å². The van der Waals surface area contributed by atoms with Crippen LogP contribution >= 0.6 is 0 Å². The smallest absolute Gasteiger partial charge is 0.104 e. The van der Waals surface area contributed by atoms with Gasteiger partial charge in [-0.1, -0.05) is 37.3 Å². The fourth-order valence-corrected chi connectivity index (χ4v) is 4.00. The molecular formula is C21H24N2. The van der Waals surface area contributed by atoms with E-state index in [0.29, 0.717) is 12.1 Å². The van der Waals surface area contributed by atoms with E-state index >= 15 is 0 Å². The van der Waals surface area contributed by atoms with Gasteiger partial charge in [-0.2, -0.15) is 0 Å². The molecule has 0 radical (unpaired) electrons. The van der Waals surface area contributed by atoms with E-state index in [0.717, 1.165) is 13.0 Å². The summed E-state index contributed by atoms with van der Waals surface area (Å²) in [6, 6.07) is 15.7. The molecule has 2 aromatic carbocycles. The second-order valence-electron chi connectivity index (χ2n) is 6.70. The maximum absolute atomic E-state index is 2.46. The Morgan fingerprint density at radius 3 is 2.61 bits per heavy atom. The van der Waals surface area contributed by atoms with Crippen LogP contribution in [-0.4, -0.2) is 12.7 Å². The average molecular weight is 304 g/mol. The summed E-state index contributed by atoms with van der Waals surface area (Å²) in [5, 5.41) is 0. The van der Waals surface area contributed by atoms with E-state index in [2.05, 4.69) is 85.2 Å². The quantitative estimate of drug-likeness (QED) is 0.751. The van der Waals surface area contributed by atoms with E-state index in [1.807, 2.05) is 0 Å². The largest absolute Gasteiger partial charge is 0.350 e. The molecular weight excluding hydrogens is 280 g/mol. The van der Waals surface area contributed by atoms with Crippen molar-refractivity contribution in [3.05, 3.63) is 59.7 Å². The van der Waals surface area contributed by atoms with Crippen molar-refractivity contribution in [3.8, 4) is 0 Å². The number of para-hydroxylation sites is 2. The van der Waals surface area contributed by atoms with Gasteiger partial charge in [0, 0.05) is 12.2 Å². The maximum Gasteiger partial charge on any atom is 0.104 e. The highest BCUT2D eigenvalue weighted by atomic mass is 15.4. The van der Waals surface area contributed by atoms with Crippen LogP contribution in [0.25, 0.3) is 6.08 Å². The molecule has 1 aliphatic carbocycles. The third-order valence-electron chi connectivity index (χ3n) is 5.17. The van der Waals surface area contributed by atoms with E-state index in [-0.39, 0.29) is 0 Å². The van der Waals surface area contributed by atoms with Crippen LogP contribution in [0.15, 0.2) is 48.5 Å². The second-order valence-corrected chi connectivity index (χ2v) is 6.70. The molecule has 118 valence electrons. The van der Waals surface area contributed by atoms with Gasteiger partial charge < -0.3 is 9.80 Å². The van der Waals surface area contributed by atoms with Gasteiger partial charge in [-0.3, -0.25) is 0 Å². The topological polar surface area (TPSA) is 6.48 Å². The molecule has 2 aromatic rings. The zero-order valence-corrected chi connectivity index (χ0v) is 14.2. The Morgan fingerprint density at radius 1 is 1.04 bits per heavy atom. The average Bonchev–Trinajstić information content (AvgIpc) is 2.85. The lowest BCUT2D eigenvalue weighted by atomic mass is 9.90. The summed E-state index contributed by atoms with van der Waals surface area (Å²) in [5.74, 6) is 0.648. The molecule has 2 aliphatic rings. The van der Waals surface area contributed by atoms with Gasteiger partial charge in [0.2, 0.25) is 0 Å². The first-order chi connectivity index (χ1) is 11.2. The van der Waals surface area contributed by atoms with Crippen LogP contribution in [0.1, 0.15) is 31.9 Å². The first kappa shape index (κ1) is 14.4. The SMILES string of the molecule is CCN1c2ccccc2N(c2ccc3c(c2)C=CC(C)C3)C1C. The fraction of sp³-hybridized carbons (Fsp3) is 0.333. The van der Waals surface area contributed by atoms with Crippen molar-refractivity contribution in [1.82, 2.24) is 0 Å². The molecule has 0 bridgehead atoms. The van der Waals surface area contributed by atoms with Crippen LogP contribution < -0.4 is 9.80 Å². The van der Waals surface area contributed by atoms with Gasteiger partial charge >= 0.3 is 0 Å². The van der Waals surface area contributed by atoms with Gasteiger partial charge in [-0.05, 0) is 61.6 Å². The number of benzene rings is 2. The van der Waals surface area contributed by atoms with E-state index in [9.17, 15) is 0 Å². The summed E-state index contributed by atoms with van der Waals surface area (Å²) in [4.78, 5) is 4.93. The molecule has 1 heterocycles. The zero-order valence-electron chi connectivity index (χ0n) is 14.2. The van der Waals surface area contributed by atoms with Crippen molar-refractivity contribution in [2.45, 2.75) is 33.4 Å². The number of hydrogen-bond donors (Lipinski definition) is 0. The Bertz CT molecular complexity index is 762. The van der Waals surface area contributed by atoms with Crippen molar-refractivity contribution < 1.29 is 0 Å². The minimum absolute atomic E-state index is 0.349. The van der Waals surface area contributed by atoms with E-state index in [4.69, 9.17) is 0 Å². The molecule has 0 amide bonds. The number of nitrogens with zero attached hydrogens (tertiary/aromatic N) is 2. The summed E-state index contributed by atoms with van der Waals surface area (Å²) < 4.78 is 0. The van der Waals surface area contributed by atoms with Crippen molar-refractivity contribution in [2.24, 2.45) is 5.92 Å². The summed E-state index contributed by atoms with van der Waals surface area (Å²) in [5.41, 5.74) is 6.79. The Balaban J connectivity index is 1.79. The minimum atomic E-state index is 0.349. The molecule has 0 aromatic heterocycles. The first-order valence-corrected chi connectivity index (χ1v) is 8.65. The van der Waals surface area contributed by atoms with E-state index in [1.165, 1.54) is 28.2 Å². The fourth-order valence-electron chi connectivity index (χ4n) is 4.00. The molecule has 2 nitrogen and oxygen atoms in total.